The van der Waals surface area contributed by atoms with Crippen molar-refractivity contribution in [2.24, 2.45) is 5.73 Å². The van der Waals surface area contributed by atoms with Crippen LogP contribution >= 0.6 is 15.9 Å². The maximum absolute atomic E-state index is 13.4. The molecule has 0 aliphatic heterocycles. The maximum atomic E-state index is 13.4. The molecule has 9 heteroatoms. The summed E-state index contributed by atoms with van der Waals surface area (Å²) >= 11 is 3.36. The lowest BCUT2D eigenvalue weighted by Crippen LogP contribution is -2.34. The van der Waals surface area contributed by atoms with E-state index in [-0.39, 0.29) is 12.3 Å². The van der Waals surface area contributed by atoms with Crippen LogP contribution in [0.4, 0.5) is 4.39 Å². The highest BCUT2D eigenvalue weighted by Gasteiger charge is 2.48. The van der Waals surface area contributed by atoms with Crippen molar-refractivity contribution in [2.75, 3.05) is 7.11 Å². The topological polar surface area (TPSA) is 98.5 Å². The minimum atomic E-state index is -3.75. The van der Waals surface area contributed by atoms with E-state index in [1.165, 1.54) is 19.2 Å². The number of methoxy groups -OCH3 is 1. The number of hydrogen-bond acceptors (Lipinski definition) is 4. The van der Waals surface area contributed by atoms with Gasteiger partial charge in [0.2, 0.25) is 15.9 Å². The number of hydrogen-bond donors (Lipinski definition) is 2. The van der Waals surface area contributed by atoms with Crippen molar-refractivity contribution in [1.82, 2.24) is 4.72 Å². The van der Waals surface area contributed by atoms with Crippen molar-refractivity contribution in [1.29, 1.82) is 0 Å². The van der Waals surface area contributed by atoms with E-state index < -0.39 is 33.0 Å². The molecule has 6 nitrogen and oxygen atoms in total. The number of primary amides is 1. The van der Waals surface area contributed by atoms with Crippen LogP contribution in [0, 0.1) is 5.82 Å². The first-order valence-corrected chi connectivity index (χ1v) is 10.9. The SMILES string of the molecule is COc1ccc(C(CC(N)=O)NS(=O)(=O)C2CC2c2cccc(F)c2)cc1Br. The lowest BCUT2D eigenvalue weighted by atomic mass is 10.0. The number of nitrogens with two attached hydrogens (primary N) is 1. The molecule has 2 aromatic rings. The normalized spacial score (nSPS) is 19.8. The predicted molar refractivity (Wildman–Crippen MR) is 107 cm³/mol. The molecule has 0 radical (unpaired) electrons. The van der Waals surface area contributed by atoms with Gasteiger partial charge in [-0.05, 0) is 57.7 Å². The molecular formula is C19H20BrFN2O4S. The number of nitrogens with one attached hydrogen (secondary N) is 1. The van der Waals surface area contributed by atoms with Gasteiger partial charge >= 0.3 is 0 Å². The number of amides is 1. The van der Waals surface area contributed by atoms with Crippen molar-refractivity contribution in [3.05, 3.63) is 63.9 Å². The zero-order chi connectivity index (χ0) is 20.5. The summed E-state index contributed by atoms with van der Waals surface area (Å²) in [6.45, 7) is 0. The van der Waals surface area contributed by atoms with Crippen LogP contribution in [-0.2, 0) is 14.8 Å². The molecule has 0 bridgehead atoms. The van der Waals surface area contributed by atoms with Gasteiger partial charge in [-0.2, -0.15) is 0 Å². The number of ether oxygens (including phenoxy) is 1. The van der Waals surface area contributed by atoms with E-state index in [1.54, 1.807) is 30.3 Å². The first-order chi connectivity index (χ1) is 13.2. The number of rotatable bonds is 8. The van der Waals surface area contributed by atoms with Gasteiger partial charge in [0.15, 0.2) is 0 Å². The first kappa shape index (κ1) is 20.8. The number of carbonyl (C=O) groups is 1. The Hall–Kier alpha value is -1.97. The van der Waals surface area contributed by atoms with Crippen LogP contribution in [0.3, 0.4) is 0 Å². The molecule has 0 heterocycles. The highest BCUT2D eigenvalue weighted by molar-refractivity contribution is 9.10. The summed E-state index contributed by atoms with van der Waals surface area (Å²) < 4.78 is 47.5. The zero-order valence-corrected chi connectivity index (χ0v) is 17.5. The quantitative estimate of drug-likeness (QED) is 0.619. The minimum absolute atomic E-state index is 0.185. The number of carbonyl (C=O) groups excluding carboxylic acids is 1. The van der Waals surface area contributed by atoms with Crippen LogP contribution in [0.1, 0.15) is 35.9 Å². The van der Waals surface area contributed by atoms with Gasteiger partial charge in [0.1, 0.15) is 11.6 Å². The molecule has 1 saturated carbocycles. The van der Waals surface area contributed by atoms with Crippen LogP contribution in [0.25, 0.3) is 0 Å². The molecule has 150 valence electrons. The number of sulfonamides is 1. The second-order valence-corrected chi connectivity index (χ2v) is 9.50. The van der Waals surface area contributed by atoms with E-state index in [0.29, 0.717) is 27.8 Å². The van der Waals surface area contributed by atoms with Gasteiger partial charge in [-0.25, -0.2) is 17.5 Å². The Morgan fingerprint density at radius 3 is 2.71 bits per heavy atom. The van der Waals surface area contributed by atoms with E-state index in [1.807, 2.05) is 0 Å². The summed E-state index contributed by atoms with van der Waals surface area (Å²) in [5.41, 5.74) is 6.55. The molecule has 1 amide bonds. The molecular weight excluding hydrogens is 451 g/mol. The number of halogens is 2. The van der Waals surface area contributed by atoms with Crippen LogP contribution in [-0.4, -0.2) is 26.7 Å². The fourth-order valence-corrected chi connectivity index (χ4v) is 5.62. The molecule has 2 aromatic carbocycles. The van der Waals surface area contributed by atoms with Crippen molar-refractivity contribution in [2.45, 2.75) is 30.1 Å². The summed E-state index contributed by atoms with van der Waals surface area (Å²) in [7, 11) is -2.23. The number of benzene rings is 2. The van der Waals surface area contributed by atoms with E-state index in [4.69, 9.17) is 10.5 Å². The fourth-order valence-electron chi connectivity index (χ4n) is 3.22. The Morgan fingerprint density at radius 2 is 2.11 bits per heavy atom. The van der Waals surface area contributed by atoms with Crippen LogP contribution in [0.2, 0.25) is 0 Å². The lowest BCUT2D eigenvalue weighted by Gasteiger charge is -2.19. The van der Waals surface area contributed by atoms with E-state index in [2.05, 4.69) is 20.7 Å². The van der Waals surface area contributed by atoms with Gasteiger partial charge in [-0.15, -0.1) is 0 Å². The Labute approximate surface area is 171 Å². The molecule has 1 aliphatic carbocycles. The Morgan fingerprint density at radius 1 is 1.36 bits per heavy atom. The predicted octanol–water partition coefficient (Wildman–Crippen LogP) is 2.99. The van der Waals surface area contributed by atoms with Gasteiger partial charge in [-0.1, -0.05) is 18.2 Å². The van der Waals surface area contributed by atoms with Crippen molar-refractivity contribution in [3.8, 4) is 5.75 Å². The third kappa shape index (κ3) is 4.71. The molecule has 28 heavy (non-hydrogen) atoms. The van der Waals surface area contributed by atoms with E-state index in [9.17, 15) is 17.6 Å². The monoisotopic (exact) mass is 470 g/mol. The highest BCUT2D eigenvalue weighted by Crippen LogP contribution is 2.46. The smallest absolute Gasteiger partial charge is 0.219 e. The summed E-state index contributed by atoms with van der Waals surface area (Å²) in [6, 6.07) is 10.2. The van der Waals surface area contributed by atoms with E-state index in [0.717, 1.165) is 0 Å². The van der Waals surface area contributed by atoms with Crippen LogP contribution in [0.15, 0.2) is 46.9 Å². The average Bonchev–Trinajstić information content (AvgIpc) is 3.42. The standard InChI is InChI=1S/C19H20BrFN2O4S/c1-27-17-6-5-12(8-15(17)20)16(10-19(22)24)23-28(25,26)18-9-14(18)11-3-2-4-13(21)7-11/h2-8,14,16,18,23H,9-10H2,1H3,(H2,22,24). The third-order valence-corrected chi connectivity index (χ3v) is 7.25. The average molecular weight is 471 g/mol. The maximum Gasteiger partial charge on any atom is 0.219 e. The Kier molecular flexibility index (Phi) is 6.07. The summed E-state index contributed by atoms with van der Waals surface area (Å²) in [4.78, 5) is 11.5. The Balaban J connectivity index is 1.81. The van der Waals surface area contributed by atoms with Crippen molar-refractivity contribution < 1.29 is 22.3 Å². The summed E-state index contributed by atoms with van der Waals surface area (Å²) in [5, 5.41) is -0.675. The minimum Gasteiger partial charge on any atom is -0.496 e. The lowest BCUT2D eigenvalue weighted by molar-refractivity contribution is -0.118. The van der Waals surface area contributed by atoms with Gasteiger partial charge in [0.05, 0.1) is 22.9 Å². The van der Waals surface area contributed by atoms with Crippen LogP contribution < -0.4 is 15.2 Å². The van der Waals surface area contributed by atoms with Crippen molar-refractivity contribution >= 4 is 31.9 Å². The summed E-state index contributed by atoms with van der Waals surface area (Å²) in [6.07, 6.45) is 0.212. The fraction of sp³-hybridized carbons (Fsp3) is 0.316. The molecule has 1 fully saturated rings. The largest absolute Gasteiger partial charge is 0.496 e. The van der Waals surface area contributed by atoms with E-state index >= 15 is 0 Å². The highest BCUT2D eigenvalue weighted by atomic mass is 79.9. The van der Waals surface area contributed by atoms with Gasteiger partial charge in [0.25, 0.3) is 0 Å². The second-order valence-electron chi connectivity index (χ2n) is 6.72. The molecule has 1 aliphatic rings. The molecule has 3 unspecified atom stereocenters. The molecule has 3 atom stereocenters. The van der Waals surface area contributed by atoms with Crippen molar-refractivity contribution in [3.63, 3.8) is 0 Å². The molecule has 3 rings (SSSR count). The molecule has 0 spiro atoms. The summed E-state index contributed by atoms with van der Waals surface area (Å²) in [5.74, 6) is -0.719. The van der Waals surface area contributed by atoms with Gasteiger partial charge in [0, 0.05) is 12.3 Å². The molecule has 0 saturated heterocycles. The molecule has 3 N–H and O–H groups in total. The zero-order valence-electron chi connectivity index (χ0n) is 15.1. The van der Waals surface area contributed by atoms with Crippen LogP contribution in [0.5, 0.6) is 5.75 Å². The third-order valence-electron chi connectivity index (χ3n) is 4.70. The van der Waals surface area contributed by atoms with Gasteiger partial charge < -0.3 is 10.5 Å². The molecule has 0 aromatic heterocycles. The Bertz CT molecular complexity index is 999. The van der Waals surface area contributed by atoms with Gasteiger partial charge in [-0.3, -0.25) is 4.79 Å². The first-order valence-electron chi connectivity index (χ1n) is 8.59. The second kappa shape index (κ2) is 8.18.